The van der Waals surface area contributed by atoms with E-state index in [9.17, 15) is 4.79 Å². The Morgan fingerprint density at radius 3 is 2.45 bits per heavy atom. The van der Waals surface area contributed by atoms with Gasteiger partial charge in [-0.15, -0.1) is 0 Å². The number of carbonyl (C=O) groups excluding carboxylic acids is 1. The van der Waals surface area contributed by atoms with Crippen LogP contribution in [-0.2, 0) is 0 Å². The van der Waals surface area contributed by atoms with Crippen molar-refractivity contribution in [1.82, 2.24) is 9.97 Å². The summed E-state index contributed by atoms with van der Waals surface area (Å²) in [5.41, 5.74) is 2.39. The van der Waals surface area contributed by atoms with Crippen molar-refractivity contribution in [2.75, 3.05) is 5.32 Å². The van der Waals surface area contributed by atoms with E-state index in [0.29, 0.717) is 16.2 Å². The van der Waals surface area contributed by atoms with E-state index in [0.717, 1.165) is 5.52 Å². The van der Waals surface area contributed by atoms with Crippen LogP contribution >= 0.6 is 11.6 Å². The van der Waals surface area contributed by atoms with Crippen molar-refractivity contribution in [2.45, 2.75) is 0 Å². The molecule has 1 N–H and O–H groups in total. The number of fused-ring (bicyclic) bond motifs is 1. The predicted molar refractivity (Wildman–Crippen MR) is 78.9 cm³/mol. The number of benzene rings is 2. The second-order valence-electron chi connectivity index (χ2n) is 4.20. The molecule has 0 aliphatic rings. The Morgan fingerprint density at radius 2 is 1.70 bits per heavy atom. The molecule has 0 saturated heterocycles. The van der Waals surface area contributed by atoms with Crippen LogP contribution < -0.4 is 5.32 Å². The fourth-order valence-corrected chi connectivity index (χ4v) is 1.92. The summed E-state index contributed by atoms with van der Waals surface area (Å²) in [6.45, 7) is 0. The molecule has 4 nitrogen and oxygen atoms in total. The maximum absolute atomic E-state index is 12.1. The quantitative estimate of drug-likeness (QED) is 0.783. The van der Waals surface area contributed by atoms with Crippen molar-refractivity contribution >= 4 is 34.2 Å². The first-order valence-electron chi connectivity index (χ1n) is 6.01. The predicted octanol–water partition coefficient (Wildman–Crippen LogP) is 3.54. The summed E-state index contributed by atoms with van der Waals surface area (Å²) in [5.74, 6) is -0.300. The zero-order valence-electron chi connectivity index (χ0n) is 10.4. The number of aromatic nitrogens is 2. The average molecular weight is 284 g/mol. The number of hydrogen-bond donors (Lipinski definition) is 1. The van der Waals surface area contributed by atoms with Crippen LogP contribution in [0.15, 0.2) is 54.7 Å². The third-order valence-corrected chi connectivity index (χ3v) is 3.04. The van der Waals surface area contributed by atoms with Crippen LogP contribution in [0, 0.1) is 0 Å². The van der Waals surface area contributed by atoms with Gasteiger partial charge in [0.25, 0.3) is 5.91 Å². The zero-order valence-corrected chi connectivity index (χ0v) is 11.1. The van der Waals surface area contributed by atoms with E-state index in [2.05, 4.69) is 15.3 Å². The molecule has 0 bridgehead atoms. The van der Waals surface area contributed by atoms with E-state index >= 15 is 0 Å². The molecule has 1 heterocycles. The molecule has 1 amide bonds. The van der Waals surface area contributed by atoms with E-state index in [-0.39, 0.29) is 11.6 Å². The minimum absolute atomic E-state index is 0.277. The minimum Gasteiger partial charge on any atom is -0.321 e. The van der Waals surface area contributed by atoms with Gasteiger partial charge in [0.1, 0.15) is 5.69 Å². The Bertz CT molecular complexity index is 771. The van der Waals surface area contributed by atoms with Crippen molar-refractivity contribution in [3.05, 3.63) is 65.4 Å². The van der Waals surface area contributed by atoms with Crippen LogP contribution in [0.25, 0.3) is 11.0 Å². The molecular formula is C15H10ClN3O. The molecule has 0 atom stereocenters. The third-order valence-electron chi connectivity index (χ3n) is 2.78. The molecule has 0 fully saturated rings. The monoisotopic (exact) mass is 283 g/mol. The van der Waals surface area contributed by atoms with Crippen LogP contribution in [0.5, 0.6) is 0 Å². The molecule has 0 aliphatic carbocycles. The van der Waals surface area contributed by atoms with Gasteiger partial charge in [-0.2, -0.15) is 0 Å². The average Bonchev–Trinajstić information content (AvgIpc) is 2.49. The van der Waals surface area contributed by atoms with Gasteiger partial charge in [0, 0.05) is 10.7 Å². The Labute approximate surface area is 120 Å². The van der Waals surface area contributed by atoms with Gasteiger partial charge in [0.2, 0.25) is 0 Å². The molecule has 5 heteroatoms. The number of hydrogen-bond acceptors (Lipinski definition) is 3. The van der Waals surface area contributed by atoms with Gasteiger partial charge < -0.3 is 5.32 Å². The Balaban J connectivity index is 1.86. The summed E-state index contributed by atoms with van der Waals surface area (Å²) < 4.78 is 0. The van der Waals surface area contributed by atoms with E-state index in [4.69, 9.17) is 11.6 Å². The molecule has 0 aliphatic heterocycles. The number of amides is 1. The molecule has 20 heavy (non-hydrogen) atoms. The first-order chi connectivity index (χ1) is 9.72. The maximum Gasteiger partial charge on any atom is 0.275 e. The number of carbonyl (C=O) groups is 1. The second kappa shape index (κ2) is 5.27. The molecule has 0 saturated carbocycles. The van der Waals surface area contributed by atoms with E-state index in [1.54, 1.807) is 24.3 Å². The van der Waals surface area contributed by atoms with Crippen molar-refractivity contribution in [1.29, 1.82) is 0 Å². The van der Waals surface area contributed by atoms with Crippen LogP contribution in [0.1, 0.15) is 10.5 Å². The largest absolute Gasteiger partial charge is 0.321 e. The summed E-state index contributed by atoms with van der Waals surface area (Å²) in [6.07, 6.45) is 1.47. The highest BCUT2D eigenvalue weighted by atomic mass is 35.5. The maximum atomic E-state index is 12.1. The van der Waals surface area contributed by atoms with Gasteiger partial charge in [0.15, 0.2) is 0 Å². The molecular weight excluding hydrogens is 274 g/mol. The van der Waals surface area contributed by atoms with Crippen molar-refractivity contribution < 1.29 is 4.79 Å². The molecule has 3 rings (SSSR count). The van der Waals surface area contributed by atoms with Crippen LogP contribution in [0.4, 0.5) is 5.69 Å². The normalized spacial score (nSPS) is 10.4. The SMILES string of the molecule is O=C(Nc1ccc(Cl)cc1)c1cnc2ccccc2n1. The van der Waals surface area contributed by atoms with Crippen molar-refractivity contribution in [2.24, 2.45) is 0 Å². The van der Waals surface area contributed by atoms with Gasteiger partial charge in [0.05, 0.1) is 17.2 Å². The minimum atomic E-state index is -0.300. The molecule has 1 aromatic heterocycles. The van der Waals surface area contributed by atoms with Crippen LogP contribution in [-0.4, -0.2) is 15.9 Å². The van der Waals surface area contributed by atoms with Gasteiger partial charge in [-0.3, -0.25) is 9.78 Å². The number of nitrogens with zero attached hydrogens (tertiary/aromatic N) is 2. The smallest absolute Gasteiger partial charge is 0.275 e. The van der Waals surface area contributed by atoms with E-state index in [1.807, 2.05) is 24.3 Å². The highest BCUT2D eigenvalue weighted by Gasteiger charge is 2.09. The number of nitrogens with one attached hydrogen (secondary N) is 1. The summed E-state index contributed by atoms with van der Waals surface area (Å²) in [6, 6.07) is 14.3. The molecule has 0 unspecified atom stereocenters. The first kappa shape index (κ1) is 12.6. The number of rotatable bonds is 2. The summed E-state index contributed by atoms with van der Waals surface area (Å²) >= 11 is 5.80. The lowest BCUT2D eigenvalue weighted by molar-refractivity contribution is 0.102. The van der Waals surface area contributed by atoms with Crippen LogP contribution in [0.3, 0.4) is 0 Å². The highest BCUT2D eigenvalue weighted by molar-refractivity contribution is 6.30. The Kier molecular flexibility index (Phi) is 3.31. The van der Waals surface area contributed by atoms with Gasteiger partial charge in [-0.25, -0.2) is 4.98 Å². The second-order valence-corrected chi connectivity index (χ2v) is 4.64. The van der Waals surface area contributed by atoms with Gasteiger partial charge >= 0.3 is 0 Å². The van der Waals surface area contributed by atoms with E-state index < -0.39 is 0 Å². The number of para-hydroxylation sites is 2. The fourth-order valence-electron chi connectivity index (χ4n) is 1.79. The number of anilines is 1. The first-order valence-corrected chi connectivity index (χ1v) is 6.39. The third kappa shape index (κ3) is 2.60. The topological polar surface area (TPSA) is 54.9 Å². The van der Waals surface area contributed by atoms with Gasteiger partial charge in [-0.1, -0.05) is 23.7 Å². The molecule has 0 spiro atoms. The standard InChI is InChI=1S/C15H10ClN3O/c16-10-5-7-11(8-6-10)18-15(20)14-9-17-12-3-1-2-4-13(12)19-14/h1-9H,(H,18,20). The molecule has 3 aromatic rings. The van der Waals surface area contributed by atoms with Crippen molar-refractivity contribution in [3.63, 3.8) is 0 Å². The molecule has 98 valence electrons. The lowest BCUT2D eigenvalue weighted by atomic mass is 10.3. The summed E-state index contributed by atoms with van der Waals surface area (Å²) in [7, 11) is 0. The Hall–Kier alpha value is -2.46. The lowest BCUT2D eigenvalue weighted by Gasteiger charge is -2.05. The molecule has 0 radical (unpaired) electrons. The van der Waals surface area contributed by atoms with Crippen LogP contribution in [0.2, 0.25) is 5.02 Å². The summed E-state index contributed by atoms with van der Waals surface area (Å²) in [5, 5.41) is 3.37. The zero-order chi connectivity index (χ0) is 13.9. The lowest BCUT2D eigenvalue weighted by Crippen LogP contribution is -2.14. The van der Waals surface area contributed by atoms with Gasteiger partial charge in [-0.05, 0) is 36.4 Å². The fraction of sp³-hybridized carbons (Fsp3) is 0. The Morgan fingerprint density at radius 1 is 1.00 bits per heavy atom. The van der Waals surface area contributed by atoms with Crippen molar-refractivity contribution in [3.8, 4) is 0 Å². The summed E-state index contributed by atoms with van der Waals surface area (Å²) in [4.78, 5) is 20.6. The number of halogens is 1. The molecule has 2 aromatic carbocycles. The highest BCUT2D eigenvalue weighted by Crippen LogP contribution is 2.15. The van der Waals surface area contributed by atoms with E-state index in [1.165, 1.54) is 6.20 Å².